The summed E-state index contributed by atoms with van der Waals surface area (Å²) in [4.78, 5) is 16.0. The van der Waals surface area contributed by atoms with Crippen molar-refractivity contribution in [2.24, 2.45) is 0 Å². The van der Waals surface area contributed by atoms with E-state index in [2.05, 4.69) is 10.3 Å². The molecule has 1 amide bonds. The standard InChI is InChI=1S/C13H11FN2O/c14-9-2-6-11-8(7-9)1-5-12(16-11)13(17)15-10-3-4-10/h1-2,5-7,10H,3-4H2,(H,15,17). The molecule has 1 aliphatic rings. The molecule has 1 aromatic heterocycles. The number of halogens is 1. The van der Waals surface area contributed by atoms with Crippen molar-refractivity contribution in [1.82, 2.24) is 10.3 Å². The molecule has 2 aromatic rings. The molecular weight excluding hydrogens is 219 g/mol. The lowest BCUT2D eigenvalue weighted by Gasteiger charge is -2.04. The third-order valence-electron chi connectivity index (χ3n) is 2.80. The highest BCUT2D eigenvalue weighted by molar-refractivity contribution is 5.95. The molecule has 1 heterocycles. The zero-order valence-electron chi connectivity index (χ0n) is 9.11. The molecule has 3 nitrogen and oxygen atoms in total. The Labute approximate surface area is 97.7 Å². The Hall–Kier alpha value is -1.97. The van der Waals surface area contributed by atoms with E-state index in [1.54, 1.807) is 18.2 Å². The molecule has 1 N–H and O–H groups in total. The monoisotopic (exact) mass is 230 g/mol. The molecule has 1 saturated carbocycles. The zero-order chi connectivity index (χ0) is 11.8. The van der Waals surface area contributed by atoms with Crippen LogP contribution in [0.5, 0.6) is 0 Å². The fraction of sp³-hybridized carbons (Fsp3) is 0.231. The first-order valence-electron chi connectivity index (χ1n) is 5.59. The lowest BCUT2D eigenvalue weighted by atomic mass is 10.2. The van der Waals surface area contributed by atoms with Crippen LogP contribution in [-0.2, 0) is 0 Å². The maximum Gasteiger partial charge on any atom is 0.270 e. The number of amides is 1. The van der Waals surface area contributed by atoms with Crippen molar-refractivity contribution in [1.29, 1.82) is 0 Å². The van der Waals surface area contributed by atoms with Crippen molar-refractivity contribution >= 4 is 16.8 Å². The summed E-state index contributed by atoms with van der Waals surface area (Å²) in [5, 5.41) is 3.57. The first kappa shape index (κ1) is 10.2. The Balaban J connectivity index is 1.95. The van der Waals surface area contributed by atoms with Crippen molar-refractivity contribution < 1.29 is 9.18 Å². The summed E-state index contributed by atoms with van der Waals surface area (Å²) in [6.07, 6.45) is 2.09. The Kier molecular flexibility index (Phi) is 2.28. The minimum atomic E-state index is -0.297. The van der Waals surface area contributed by atoms with Crippen LogP contribution < -0.4 is 5.32 Å². The first-order chi connectivity index (χ1) is 8.22. The summed E-state index contributed by atoms with van der Waals surface area (Å²) >= 11 is 0. The van der Waals surface area contributed by atoms with Gasteiger partial charge in [0.15, 0.2) is 0 Å². The molecule has 86 valence electrons. The highest BCUT2D eigenvalue weighted by Gasteiger charge is 2.24. The van der Waals surface area contributed by atoms with Gasteiger partial charge >= 0.3 is 0 Å². The van der Waals surface area contributed by atoms with Gasteiger partial charge in [0, 0.05) is 11.4 Å². The summed E-state index contributed by atoms with van der Waals surface area (Å²) in [6, 6.07) is 7.99. The number of hydrogen-bond acceptors (Lipinski definition) is 2. The van der Waals surface area contributed by atoms with Gasteiger partial charge < -0.3 is 5.32 Å². The zero-order valence-corrected chi connectivity index (χ0v) is 9.11. The molecule has 0 unspecified atom stereocenters. The molecule has 0 bridgehead atoms. The number of rotatable bonds is 2. The number of pyridine rings is 1. The Morgan fingerprint density at radius 1 is 1.29 bits per heavy atom. The summed E-state index contributed by atoms with van der Waals surface area (Å²) in [6.45, 7) is 0. The smallest absolute Gasteiger partial charge is 0.270 e. The van der Waals surface area contributed by atoms with Crippen LogP contribution in [0.2, 0.25) is 0 Å². The molecular formula is C13H11FN2O. The number of nitrogens with zero attached hydrogens (tertiary/aromatic N) is 1. The summed E-state index contributed by atoms with van der Waals surface area (Å²) < 4.78 is 13.0. The van der Waals surface area contributed by atoms with Gasteiger partial charge in [-0.25, -0.2) is 9.37 Å². The number of benzene rings is 1. The topological polar surface area (TPSA) is 42.0 Å². The van der Waals surface area contributed by atoms with Crippen LogP contribution in [0.4, 0.5) is 4.39 Å². The molecule has 0 radical (unpaired) electrons. The Morgan fingerprint density at radius 3 is 2.88 bits per heavy atom. The first-order valence-corrected chi connectivity index (χ1v) is 5.59. The van der Waals surface area contributed by atoms with Gasteiger partial charge in [0.05, 0.1) is 5.52 Å². The number of hydrogen-bond donors (Lipinski definition) is 1. The predicted molar refractivity (Wildman–Crippen MR) is 62.2 cm³/mol. The Bertz CT molecular complexity index is 593. The second-order valence-corrected chi connectivity index (χ2v) is 4.28. The van der Waals surface area contributed by atoms with E-state index < -0.39 is 0 Å². The minimum Gasteiger partial charge on any atom is -0.348 e. The molecule has 17 heavy (non-hydrogen) atoms. The predicted octanol–water partition coefficient (Wildman–Crippen LogP) is 2.27. The molecule has 1 aliphatic carbocycles. The molecule has 0 aliphatic heterocycles. The van der Waals surface area contributed by atoms with Crippen molar-refractivity contribution in [3.8, 4) is 0 Å². The van der Waals surface area contributed by atoms with E-state index in [0.29, 0.717) is 22.6 Å². The summed E-state index contributed by atoms with van der Waals surface area (Å²) in [7, 11) is 0. The van der Waals surface area contributed by atoms with Gasteiger partial charge in [-0.15, -0.1) is 0 Å². The second kappa shape index (κ2) is 3.80. The van der Waals surface area contributed by atoms with Gasteiger partial charge in [-0.05, 0) is 37.1 Å². The summed E-state index contributed by atoms with van der Waals surface area (Å²) in [5.41, 5.74) is 1.02. The van der Waals surface area contributed by atoms with Gasteiger partial charge in [-0.1, -0.05) is 6.07 Å². The van der Waals surface area contributed by atoms with Crippen molar-refractivity contribution in [2.75, 3.05) is 0 Å². The third kappa shape index (κ3) is 2.11. The van der Waals surface area contributed by atoms with Crippen molar-refractivity contribution in [3.05, 3.63) is 41.8 Å². The second-order valence-electron chi connectivity index (χ2n) is 4.28. The normalized spacial score (nSPS) is 14.9. The third-order valence-corrected chi connectivity index (χ3v) is 2.80. The van der Waals surface area contributed by atoms with Crippen molar-refractivity contribution in [3.63, 3.8) is 0 Å². The quantitative estimate of drug-likeness (QED) is 0.859. The van der Waals surface area contributed by atoms with Crippen LogP contribution in [-0.4, -0.2) is 16.9 Å². The maximum absolute atomic E-state index is 13.0. The van der Waals surface area contributed by atoms with E-state index in [0.717, 1.165) is 12.8 Å². The lowest BCUT2D eigenvalue weighted by molar-refractivity contribution is 0.0946. The molecule has 0 saturated heterocycles. The molecule has 1 aromatic carbocycles. The van der Waals surface area contributed by atoms with E-state index in [9.17, 15) is 9.18 Å². The van der Waals surface area contributed by atoms with Crippen LogP contribution in [0.25, 0.3) is 10.9 Å². The largest absolute Gasteiger partial charge is 0.348 e. The van der Waals surface area contributed by atoms with Gasteiger partial charge in [0.1, 0.15) is 11.5 Å². The van der Waals surface area contributed by atoms with E-state index in [1.807, 2.05) is 0 Å². The molecule has 1 fully saturated rings. The molecule has 3 rings (SSSR count). The number of carbonyl (C=O) groups excluding carboxylic acids is 1. The number of aromatic nitrogens is 1. The van der Waals surface area contributed by atoms with E-state index in [1.165, 1.54) is 12.1 Å². The van der Waals surface area contributed by atoms with Crippen LogP contribution in [0.15, 0.2) is 30.3 Å². The summed E-state index contributed by atoms with van der Waals surface area (Å²) in [5.74, 6) is -0.451. The Morgan fingerprint density at radius 2 is 2.12 bits per heavy atom. The van der Waals surface area contributed by atoms with E-state index in [-0.39, 0.29) is 11.7 Å². The molecule has 4 heteroatoms. The number of fused-ring (bicyclic) bond motifs is 1. The van der Waals surface area contributed by atoms with E-state index >= 15 is 0 Å². The van der Waals surface area contributed by atoms with E-state index in [4.69, 9.17) is 0 Å². The van der Waals surface area contributed by atoms with Gasteiger partial charge in [-0.3, -0.25) is 4.79 Å². The van der Waals surface area contributed by atoms with Gasteiger partial charge in [-0.2, -0.15) is 0 Å². The fourth-order valence-electron chi connectivity index (χ4n) is 1.71. The van der Waals surface area contributed by atoms with Crippen molar-refractivity contribution in [2.45, 2.75) is 18.9 Å². The molecule has 0 spiro atoms. The minimum absolute atomic E-state index is 0.154. The highest BCUT2D eigenvalue weighted by Crippen LogP contribution is 2.19. The number of carbonyl (C=O) groups is 1. The van der Waals surface area contributed by atoms with Crippen LogP contribution in [0, 0.1) is 5.82 Å². The van der Waals surface area contributed by atoms with Gasteiger partial charge in [0.25, 0.3) is 5.91 Å². The highest BCUT2D eigenvalue weighted by atomic mass is 19.1. The van der Waals surface area contributed by atoms with Gasteiger partial charge in [0.2, 0.25) is 0 Å². The SMILES string of the molecule is O=C(NC1CC1)c1ccc2cc(F)ccc2n1. The average Bonchev–Trinajstić information content (AvgIpc) is 3.12. The maximum atomic E-state index is 13.0. The molecule has 0 atom stereocenters. The van der Waals surface area contributed by atoms with Crippen LogP contribution in [0.3, 0.4) is 0 Å². The van der Waals surface area contributed by atoms with Crippen LogP contribution >= 0.6 is 0 Å². The van der Waals surface area contributed by atoms with Crippen LogP contribution in [0.1, 0.15) is 23.3 Å². The average molecular weight is 230 g/mol. The number of nitrogens with one attached hydrogen (secondary N) is 1. The fourth-order valence-corrected chi connectivity index (χ4v) is 1.71. The lowest BCUT2D eigenvalue weighted by Crippen LogP contribution is -2.26.